The fourth-order valence-corrected chi connectivity index (χ4v) is 2.81. The number of hydrogen-bond acceptors (Lipinski definition) is 5. The number of urea groups is 1. The van der Waals surface area contributed by atoms with Crippen molar-refractivity contribution < 1.29 is 19.1 Å². The molecule has 0 aliphatic carbocycles. The van der Waals surface area contributed by atoms with Crippen molar-refractivity contribution in [3.05, 3.63) is 41.1 Å². The molecule has 0 radical (unpaired) electrons. The highest BCUT2D eigenvalue weighted by molar-refractivity contribution is 7.98. The molecule has 1 aromatic rings. The van der Waals surface area contributed by atoms with E-state index in [-0.39, 0.29) is 6.03 Å². The van der Waals surface area contributed by atoms with Crippen LogP contribution in [0.2, 0.25) is 0 Å². The third kappa shape index (κ3) is 4.92. The van der Waals surface area contributed by atoms with Crippen molar-refractivity contribution >= 4 is 23.8 Å². The fraction of sp³-hybridized carbons (Fsp3) is 0.444. The third-order valence-electron chi connectivity index (χ3n) is 3.70. The highest BCUT2D eigenvalue weighted by Crippen LogP contribution is 2.33. The number of allylic oxidation sites excluding steroid dienone is 1. The molecule has 1 heterocycles. The molecule has 1 aliphatic heterocycles. The van der Waals surface area contributed by atoms with Gasteiger partial charge < -0.3 is 20.1 Å². The second-order valence-electron chi connectivity index (χ2n) is 5.59. The normalized spacial score (nSPS) is 16.9. The summed E-state index contributed by atoms with van der Waals surface area (Å²) in [4.78, 5) is 24.5. The number of rotatable bonds is 8. The molecule has 25 heavy (non-hydrogen) atoms. The van der Waals surface area contributed by atoms with Crippen LogP contribution in [-0.2, 0) is 9.53 Å². The summed E-state index contributed by atoms with van der Waals surface area (Å²) in [5, 5.41) is 5.45. The number of ether oxygens (including phenoxy) is 2. The van der Waals surface area contributed by atoms with E-state index in [0.717, 1.165) is 17.7 Å². The molecule has 6 nitrogen and oxygen atoms in total. The van der Waals surface area contributed by atoms with Crippen molar-refractivity contribution in [2.75, 3.05) is 25.2 Å². The highest BCUT2D eigenvalue weighted by Gasteiger charge is 2.33. The zero-order chi connectivity index (χ0) is 18.2. The molecule has 1 aromatic carbocycles. The molecule has 136 valence electrons. The Morgan fingerprint density at radius 3 is 2.76 bits per heavy atom. The second kappa shape index (κ2) is 9.36. The van der Waals surface area contributed by atoms with Crippen molar-refractivity contribution in [1.82, 2.24) is 10.6 Å². The molecule has 7 heteroatoms. The maximum atomic E-state index is 12.6. The first-order chi connectivity index (χ1) is 12.1. The summed E-state index contributed by atoms with van der Waals surface area (Å²) >= 11 is 1.60. The first kappa shape index (κ1) is 19.2. The largest absolute Gasteiger partial charge is 0.493 e. The van der Waals surface area contributed by atoms with Gasteiger partial charge in [-0.05, 0) is 25.7 Å². The Labute approximate surface area is 152 Å². The number of benzene rings is 1. The molecular formula is C18H24N2O4S. The van der Waals surface area contributed by atoms with Crippen molar-refractivity contribution in [3.8, 4) is 5.75 Å². The van der Waals surface area contributed by atoms with Crippen molar-refractivity contribution in [1.29, 1.82) is 0 Å². The molecule has 1 atom stereocenters. The van der Waals surface area contributed by atoms with Crippen LogP contribution in [0.1, 0.15) is 31.9 Å². The van der Waals surface area contributed by atoms with E-state index in [0.29, 0.717) is 30.2 Å². The minimum Gasteiger partial charge on any atom is -0.493 e. The van der Waals surface area contributed by atoms with Crippen LogP contribution >= 0.6 is 11.8 Å². The van der Waals surface area contributed by atoms with Gasteiger partial charge in [0.05, 0.1) is 18.2 Å². The zero-order valence-corrected chi connectivity index (χ0v) is 15.6. The maximum Gasteiger partial charge on any atom is 0.338 e. The van der Waals surface area contributed by atoms with Gasteiger partial charge in [-0.1, -0.05) is 25.1 Å². The molecule has 2 rings (SSSR count). The van der Waals surface area contributed by atoms with E-state index < -0.39 is 12.0 Å². The van der Waals surface area contributed by atoms with Crippen LogP contribution < -0.4 is 15.4 Å². The van der Waals surface area contributed by atoms with E-state index in [1.54, 1.807) is 18.7 Å². The van der Waals surface area contributed by atoms with Crippen LogP contribution in [0.3, 0.4) is 0 Å². The Morgan fingerprint density at radius 1 is 1.28 bits per heavy atom. The molecular weight excluding hydrogens is 340 g/mol. The standard InChI is InChI=1S/C18H24N2O4S/c1-4-9-23-14-8-6-5-7-13(14)16-15(12(2)19-18(22)20-16)17(21)24-10-11-25-3/h5-8,16H,4,9-11H2,1-3H3,(H2,19,20,22)/t16-/m0/s1. The van der Waals surface area contributed by atoms with E-state index in [9.17, 15) is 9.59 Å². The maximum absolute atomic E-state index is 12.6. The zero-order valence-electron chi connectivity index (χ0n) is 14.8. The molecule has 0 saturated carbocycles. The average Bonchev–Trinajstić information content (AvgIpc) is 2.59. The Bertz CT molecular complexity index is 660. The Morgan fingerprint density at radius 2 is 2.04 bits per heavy atom. The molecule has 1 aliphatic rings. The van der Waals surface area contributed by atoms with E-state index in [4.69, 9.17) is 9.47 Å². The molecule has 0 bridgehead atoms. The molecule has 0 aromatic heterocycles. The number of carbonyl (C=O) groups is 2. The molecule has 0 unspecified atom stereocenters. The number of para-hydroxylation sites is 1. The van der Waals surface area contributed by atoms with Crippen molar-refractivity contribution in [2.45, 2.75) is 26.3 Å². The highest BCUT2D eigenvalue weighted by atomic mass is 32.2. The van der Waals surface area contributed by atoms with Gasteiger partial charge in [0.15, 0.2) is 0 Å². The van der Waals surface area contributed by atoms with Gasteiger partial charge in [0.1, 0.15) is 12.4 Å². The summed E-state index contributed by atoms with van der Waals surface area (Å²) in [6.07, 6.45) is 2.82. The smallest absolute Gasteiger partial charge is 0.338 e. The van der Waals surface area contributed by atoms with Crippen molar-refractivity contribution in [2.24, 2.45) is 0 Å². The first-order valence-corrected chi connectivity index (χ1v) is 9.64. The average molecular weight is 364 g/mol. The number of nitrogens with one attached hydrogen (secondary N) is 2. The monoisotopic (exact) mass is 364 g/mol. The van der Waals surface area contributed by atoms with Gasteiger partial charge >= 0.3 is 12.0 Å². The number of carbonyl (C=O) groups excluding carboxylic acids is 2. The molecule has 2 N–H and O–H groups in total. The fourth-order valence-electron chi connectivity index (χ4n) is 2.56. The Balaban J connectivity index is 2.34. The van der Waals surface area contributed by atoms with Gasteiger partial charge in [0, 0.05) is 17.0 Å². The number of esters is 1. The van der Waals surface area contributed by atoms with Crippen molar-refractivity contribution in [3.63, 3.8) is 0 Å². The van der Waals surface area contributed by atoms with Gasteiger partial charge in [-0.25, -0.2) is 9.59 Å². The Kier molecular flexibility index (Phi) is 7.18. The molecule has 0 spiro atoms. The molecule has 0 fully saturated rings. The predicted octanol–water partition coefficient (Wildman–Crippen LogP) is 3.01. The summed E-state index contributed by atoms with van der Waals surface area (Å²) in [5.74, 6) is 0.937. The Hall–Kier alpha value is -2.15. The van der Waals surface area contributed by atoms with Gasteiger partial charge in [0.25, 0.3) is 0 Å². The lowest BCUT2D eigenvalue weighted by Crippen LogP contribution is -2.45. The summed E-state index contributed by atoms with van der Waals surface area (Å²) in [5.41, 5.74) is 1.63. The molecule has 2 amide bonds. The quantitative estimate of drug-likeness (QED) is 0.548. The van der Waals surface area contributed by atoms with Gasteiger partial charge in [-0.3, -0.25) is 0 Å². The topological polar surface area (TPSA) is 76.7 Å². The van der Waals surface area contributed by atoms with Crippen LogP contribution in [0, 0.1) is 0 Å². The van der Waals surface area contributed by atoms with Crippen LogP contribution in [0.25, 0.3) is 0 Å². The third-order valence-corrected chi connectivity index (χ3v) is 4.28. The van der Waals surface area contributed by atoms with Crippen LogP contribution in [-0.4, -0.2) is 37.2 Å². The van der Waals surface area contributed by atoms with Gasteiger partial charge in [0.2, 0.25) is 0 Å². The molecule has 0 saturated heterocycles. The first-order valence-electron chi connectivity index (χ1n) is 8.24. The number of amides is 2. The summed E-state index contributed by atoms with van der Waals surface area (Å²) in [7, 11) is 0. The minimum atomic E-state index is -0.608. The number of hydrogen-bond donors (Lipinski definition) is 2. The van der Waals surface area contributed by atoms with E-state index in [1.165, 1.54) is 0 Å². The predicted molar refractivity (Wildman–Crippen MR) is 98.7 cm³/mol. The lowest BCUT2D eigenvalue weighted by Gasteiger charge is -2.29. The van der Waals surface area contributed by atoms with Gasteiger partial charge in [-0.2, -0.15) is 11.8 Å². The second-order valence-corrected chi connectivity index (χ2v) is 6.57. The summed E-state index contributed by atoms with van der Waals surface area (Å²) < 4.78 is 11.1. The lowest BCUT2D eigenvalue weighted by molar-refractivity contribution is -0.138. The van der Waals surface area contributed by atoms with Crippen LogP contribution in [0.4, 0.5) is 4.79 Å². The van der Waals surface area contributed by atoms with Crippen LogP contribution in [0.5, 0.6) is 5.75 Å². The summed E-state index contributed by atoms with van der Waals surface area (Å²) in [6, 6.07) is 6.45. The SMILES string of the molecule is CCCOc1ccccc1[C@@H]1NC(=O)NC(C)=C1C(=O)OCCSC. The van der Waals surface area contributed by atoms with E-state index >= 15 is 0 Å². The van der Waals surface area contributed by atoms with E-state index in [2.05, 4.69) is 10.6 Å². The number of thioether (sulfide) groups is 1. The summed E-state index contributed by atoms with van der Waals surface area (Å²) in [6.45, 7) is 4.61. The minimum absolute atomic E-state index is 0.325. The lowest BCUT2D eigenvalue weighted by atomic mass is 9.95. The van der Waals surface area contributed by atoms with Crippen LogP contribution in [0.15, 0.2) is 35.5 Å². The van der Waals surface area contributed by atoms with E-state index in [1.807, 2.05) is 37.4 Å². The van der Waals surface area contributed by atoms with Gasteiger partial charge in [-0.15, -0.1) is 0 Å².